The standard InChI is InChI=1S/C13H7BrF3N7/c14-7-1-2-24-8(3-7)20-9(10(24)6-4-18-19-5-6)11-21-12(23-22-11)13(15,16)17/h1-5H,(H,18,19)(H,21,22,23). The molecule has 122 valence electrons. The van der Waals surface area contributed by atoms with E-state index < -0.39 is 12.0 Å². The Morgan fingerprint density at radius 1 is 1.21 bits per heavy atom. The van der Waals surface area contributed by atoms with Crippen molar-refractivity contribution < 1.29 is 13.2 Å². The summed E-state index contributed by atoms with van der Waals surface area (Å²) in [6.07, 6.45) is 0.290. The van der Waals surface area contributed by atoms with Gasteiger partial charge in [0.15, 0.2) is 5.82 Å². The highest BCUT2D eigenvalue weighted by Gasteiger charge is 2.36. The van der Waals surface area contributed by atoms with E-state index >= 15 is 0 Å². The monoisotopic (exact) mass is 397 g/mol. The van der Waals surface area contributed by atoms with Gasteiger partial charge in [0.2, 0.25) is 0 Å². The molecular formula is C13H7BrF3N7. The van der Waals surface area contributed by atoms with Crippen molar-refractivity contribution in [3.63, 3.8) is 0 Å². The van der Waals surface area contributed by atoms with E-state index in [0.717, 1.165) is 4.47 Å². The van der Waals surface area contributed by atoms with Crippen molar-refractivity contribution in [1.82, 2.24) is 34.8 Å². The molecule has 11 heteroatoms. The molecule has 0 aliphatic carbocycles. The Morgan fingerprint density at radius 2 is 2.04 bits per heavy atom. The van der Waals surface area contributed by atoms with Crippen molar-refractivity contribution >= 4 is 21.6 Å². The fourth-order valence-electron chi connectivity index (χ4n) is 2.34. The van der Waals surface area contributed by atoms with E-state index in [1.54, 1.807) is 35.1 Å². The van der Waals surface area contributed by atoms with Crippen LogP contribution in [0.5, 0.6) is 0 Å². The molecule has 0 spiro atoms. The highest BCUT2D eigenvalue weighted by atomic mass is 79.9. The maximum atomic E-state index is 12.8. The van der Waals surface area contributed by atoms with E-state index in [-0.39, 0.29) is 11.5 Å². The summed E-state index contributed by atoms with van der Waals surface area (Å²) < 4.78 is 40.8. The lowest BCUT2D eigenvalue weighted by atomic mass is 10.2. The van der Waals surface area contributed by atoms with E-state index in [1.807, 2.05) is 0 Å². The molecule has 0 aliphatic heterocycles. The fraction of sp³-hybridized carbons (Fsp3) is 0.0769. The van der Waals surface area contributed by atoms with Crippen LogP contribution in [0.3, 0.4) is 0 Å². The summed E-state index contributed by atoms with van der Waals surface area (Å²) in [7, 11) is 0. The number of imidazole rings is 1. The zero-order valence-corrected chi connectivity index (χ0v) is 13.2. The van der Waals surface area contributed by atoms with Crippen molar-refractivity contribution in [2.24, 2.45) is 0 Å². The molecule has 0 radical (unpaired) electrons. The van der Waals surface area contributed by atoms with Gasteiger partial charge in [0.25, 0.3) is 5.82 Å². The molecule has 0 unspecified atom stereocenters. The molecule has 0 aromatic carbocycles. The molecule has 0 atom stereocenters. The molecule has 0 saturated heterocycles. The minimum Gasteiger partial charge on any atom is -0.299 e. The van der Waals surface area contributed by atoms with Gasteiger partial charge in [-0.3, -0.25) is 14.6 Å². The van der Waals surface area contributed by atoms with Gasteiger partial charge in [0.1, 0.15) is 11.3 Å². The van der Waals surface area contributed by atoms with Crippen molar-refractivity contribution in [3.05, 3.63) is 41.0 Å². The molecule has 4 heterocycles. The predicted octanol–water partition coefficient (Wildman–Crippen LogP) is 3.29. The van der Waals surface area contributed by atoms with Gasteiger partial charge in [-0.25, -0.2) is 9.97 Å². The second-order valence-electron chi connectivity index (χ2n) is 4.87. The highest BCUT2D eigenvalue weighted by molar-refractivity contribution is 9.10. The van der Waals surface area contributed by atoms with Gasteiger partial charge < -0.3 is 0 Å². The topological polar surface area (TPSA) is 87.5 Å². The molecule has 0 bridgehead atoms. The average molecular weight is 398 g/mol. The van der Waals surface area contributed by atoms with Crippen LogP contribution in [0, 0.1) is 0 Å². The van der Waals surface area contributed by atoms with E-state index in [9.17, 15) is 13.2 Å². The number of alkyl halides is 3. The Morgan fingerprint density at radius 3 is 2.71 bits per heavy atom. The molecular weight excluding hydrogens is 391 g/mol. The van der Waals surface area contributed by atoms with Gasteiger partial charge in [0.05, 0.1) is 11.9 Å². The number of H-pyrrole nitrogens is 2. The van der Waals surface area contributed by atoms with Crippen LogP contribution in [-0.2, 0) is 6.18 Å². The molecule has 0 aliphatic rings. The smallest absolute Gasteiger partial charge is 0.299 e. The molecule has 2 N–H and O–H groups in total. The number of pyridine rings is 1. The Kier molecular flexibility index (Phi) is 3.20. The highest BCUT2D eigenvalue weighted by Crippen LogP contribution is 2.33. The number of halogens is 4. The SMILES string of the molecule is FC(F)(F)c1n[nH]c(-c2nc3cc(Br)ccn3c2-c2cn[nH]c2)n1. The van der Waals surface area contributed by atoms with Crippen LogP contribution >= 0.6 is 15.9 Å². The lowest BCUT2D eigenvalue weighted by Crippen LogP contribution is -2.07. The lowest BCUT2D eigenvalue weighted by Gasteiger charge is -2.01. The van der Waals surface area contributed by atoms with Crippen LogP contribution in [0.1, 0.15) is 5.82 Å². The summed E-state index contributed by atoms with van der Waals surface area (Å²) in [6, 6.07) is 3.54. The third kappa shape index (κ3) is 2.37. The number of nitrogens with zero attached hydrogens (tertiary/aromatic N) is 5. The number of aromatic amines is 2. The van der Waals surface area contributed by atoms with E-state index in [2.05, 4.69) is 46.3 Å². The maximum Gasteiger partial charge on any atom is 0.453 e. The van der Waals surface area contributed by atoms with Crippen LogP contribution in [0.4, 0.5) is 13.2 Å². The van der Waals surface area contributed by atoms with Crippen molar-refractivity contribution in [1.29, 1.82) is 0 Å². The minimum absolute atomic E-state index is 0.0710. The third-order valence-corrected chi connectivity index (χ3v) is 3.82. The number of nitrogens with one attached hydrogen (secondary N) is 2. The normalized spacial score (nSPS) is 12.2. The lowest BCUT2D eigenvalue weighted by molar-refractivity contribution is -0.144. The Labute approximate surface area is 140 Å². The molecule has 0 amide bonds. The number of aromatic nitrogens is 7. The van der Waals surface area contributed by atoms with Gasteiger partial charge in [-0.1, -0.05) is 15.9 Å². The van der Waals surface area contributed by atoms with Gasteiger partial charge in [-0.2, -0.15) is 18.3 Å². The molecule has 24 heavy (non-hydrogen) atoms. The van der Waals surface area contributed by atoms with Gasteiger partial charge in [-0.15, -0.1) is 5.10 Å². The summed E-state index contributed by atoms with van der Waals surface area (Å²) in [5.41, 5.74) is 2.00. The van der Waals surface area contributed by atoms with Gasteiger partial charge in [0, 0.05) is 22.4 Å². The zero-order valence-electron chi connectivity index (χ0n) is 11.6. The molecule has 0 fully saturated rings. The largest absolute Gasteiger partial charge is 0.453 e. The van der Waals surface area contributed by atoms with Crippen molar-refractivity contribution in [2.75, 3.05) is 0 Å². The summed E-state index contributed by atoms with van der Waals surface area (Å²) >= 11 is 3.35. The number of hydrogen-bond acceptors (Lipinski definition) is 4. The van der Waals surface area contributed by atoms with Crippen LogP contribution in [-0.4, -0.2) is 34.8 Å². The predicted molar refractivity (Wildman–Crippen MR) is 80.9 cm³/mol. The zero-order chi connectivity index (χ0) is 16.9. The van der Waals surface area contributed by atoms with E-state index in [1.165, 1.54) is 0 Å². The Hall–Kier alpha value is -2.69. The molecule has 7 nitrogen and oxygen atoms in total. The van der Waals surface area contributed by atoms with E-state index in [0.29, 0.717) is 16.9 Å². The Bertz CT molecular complexity index is 1020. The summed E-state index contributed by atoms with van der Waals surface area (Å²) in [6.45, 7) is 0. The first-order valence-corrected chi connectivity index (χ1v) is 7.39. The van der Waals surface area contributed by atoms with Gasteiger partial charge in [-0.05, 0) is 12.1 Å². The molecule has 4 aromatic rings. The number of hydrogen-bond donors (Lipinski definition) is 2. The quantitative estimate of drug-likeness (QED) is 0.543. The summed E-state index contributed by atoms with van der Waals surface area (Å²) in [5.74, 6) is -1.31. The van der Waals surface area contributed by atoms with Crippen molar-refractivity contribution in [3.8, 4) is 22.8 Å². The average Bonchev–Trinajstić information content (AvgIpc) is 3.24. The number of rotatable bonds is 2. The van der Waals surface area contributed by atoms with E-state index in [4.69, 9.17) is 0 Å². The van der Waals surface area contributed by atoms with Crippen molar-refractivity contribution in [2.45, 2.75) is 6.18 Å². The second-order valence-corrected chi connectivity index (χ2v) is 5.79. The fourth-order valence-corrected chi connectivity index (χ4v) is 2.66. The number of fused-ring (bicyclic) bond motifs is 1. The first-order valence-electron chi connectivity index (χ1n) is 6.60. The third-order valence-electron chi connectivity index (χ3n) is 3.32. The van der Waals surface area contributed by atoms with Crippen LogP contribution in [0.15, 0.2) is 35.2 Å². The van der Waals surface area contributed by atoms with Crippen LogP contribution < -0.4 is 0 Å². The first kappa shape index (κ1) is 14.9. The summed E-state index contributed by atoms with van der Waals surface area (Å²) in [4.78, 5) is 7.92. The minimum atomic E-state index is -4.63. The second kappa shape index (κ2) is 5.16. The summed E-state index contributed by atoms with van der Waals surface area (Å²) in [5, 5.41) is 12.1. The van der Waals surface area contributed by atoms with Crippen LogP contribution in [0.2, 0.25) is 0 Å². The van der Waals surface area contributed by atoms with Gasteiger partial charge >= 0.3 is 6.18 Å². The maximum absolute atomic E-state index is 12.8. The molecule has 4 aromatic heterocycles. The Balaban J connectivity index is 1.98. The van der Waals surface area contributed by atoms with Crippen LogP contribution in [0.25, 0.3) is 28.4 Å². The molecule has 0 saturated carbocycles. The first-order chi connectivity index (χ1) is 11.4. The molecule has 4 rings (SSSR count).